The van der Waals surface area contributed by atoms with Gasteiger partial charge in [-0.2, -0.15) is 0 Å². The second-order valence-electron chi connectivity index (χ2n) is 6.23. The van der Waals surface area contributed by atoms with Gasteiger partial charge in [0, 0.05) is 0 Å². The summed E-state index contributed by atoms with van der Waals surface area (Å²) in [5, 5.41) is 11.7. The summed E-state index contributed by atoms with van der Waals surface area (Å²) >= 11 is 1.05. The van der Waals surface area contributed by atoms with Gasteiger partial charge in [0.2, 0.25) is 0 Å². The van der Waals surface area contributed by atoms with Gasteiger partial charge >= 0.3 is 0 Å². The summed E-state index contributed by atoms with van der Waals surface area (Å²) in [7, 11) is 0. The molecule has 3 aromatic heterocycles. The van der Waals surface area contributed by atoms with Crippen molar-refractivity contribution in [3.05, 3.63) is 45.7 Å². The van der Waals surface area contributed by atoms with Gasteiger partial charge in [0.15, 0.2) is 11.5 Å². The van der Waals surface area contributed by atoms with E-state index in [-0.39, 0.29) is 4.88 Å². The number of amides is 1. The number of nitrogens with zero attached hydrogens (tertiary/aromatic N) is 3. The molecule has 1 aliphatic rings. The lowest BCUT2D eigenvalue weighted by Gasteiger charge is -2.08. The fourth-order valence-corrected chi connectivity index (χ4v) is 3.40. The molecule has 2 N–H and O–H groups in total. The monoisotopic (exact) mass is 405 g/mol. The molecule has 0 radical (unpaired) electrons. The van der Waals surface area contributed by atoms with Gasteiger partial charge < -0.3 is 10.6 Å². The summed E-state index contributed by atoms with van der Waals surface area (Å²) in [6, 6.07) is 2.98. The van der Waals surface area contributed by atoms with Gasteiger partial charge in [0.25, 0.3) is 5.91 Å². The lowest BCUT2D eigenvalue weighted by atomic mass is 10.2. The van der Waals surface area contributed by atoms with Crippen molar-refractivity contribution in [1.29, 1.82) is 0 Å². The van der Waals surface area contributed by atoms with Gasteiger partial charge in [-0.25, -0.2) is 13.9 Å². The maximum absolute atomic E-state index is 13.4. The van der Waals surface area contributed by atoms with Crippen LogP contribution in [0.5, 0.6) is 0 Å². The largest absolute Gasteiger partial charge is 0.317 e. The third-order valence-electron chi connectivity index (χ3n) is 4.00. The Morgan fingerprint density at radius 3 is 2.50 bits per heavy atom. The predicted octanol–water partition coefficient (Wildman–Crippen LogP) is 4.59. The van der Waals surface area contributed by atoms with Crippen LogP contribution in [-0.2, 0) is 0 Å². The van der Waals surface area contributed by atoms with Crippen LogP contribution in [0.2, 0.25) is 0 Å². The van der Waals surface area contributed by atoms with Crippen LogP contribution in [0.3, 0.4) is 0 Å². The van der Waals surface area contributed by atoms with Crippen molar-refractivity contribution in [3.63, 3.8) is 0 Å². The first kappa shape index (κ1) is 22.0. The summed E-state index contributed by atoms with van der Waals surface area (Å²) < 4.78 is 15.0. The number of hydrogen-bond acceptors (Lipinski definition) is 5. The Morgan fingerprint density at radius 1 is 1.25 bits per heavy atom. The average Bonchev–Trinajstić information content (AvgIpc) is 3.30. The van der Waals surface area contributed by atoms with Crippen molar-refractivity contribution in [2.75, 3.05) is 18.4 Å². The summed E-state index contributed by atoms with van der Waals surface area (Å²) in [5.41, 5.74) is 2.46. The molecule has 0 unspecified atom stereocenters. The number of carbonyl (C=O) groups is 1. The topological polar surface area (TPSA) is 71.3 Å². The second-order valence-corrected chi connectivity index (χ2v) is 7.14. The number of nitrogens with one attached hydrogen (secondary N) is 2. The smallest absolute Gasteiger partial charge is 0.269 e. The lowest BCUT2D eigenvalue weighted by Crippen LogP contribution is -2.21. The summed E-state index contributed by atoms with van der Waals surface area (Å²) in [5.74, 6) is -0.658. The van der Waals surface area contributed by atoms with E-state index in [2.05, 4.69) is 20.7 Å². The Morgan fingerprint density at radius 2 is 1.96 bits per heavy atom. The first-order valence-corrected chi connectivity index (χ1v) is 10.5. The number of aryl methyl sites for hydroxylation is 2. The maximum Gasteiger partial charge on any atom is 0.269 e. The molecule has 0 aromatic carbocycles. The fourth-order valence-electron chi connectivity index (χ4n) is 2.74. The van der Waals surface area contributed by atoms with Crippen LogP contribution in [0.1, 0.15) is 54.0 Å². The summed E-state index contributed by atoms with van der Waals surface area (Å²) in [4.78, 5) is 16.3. The number of fused-ring (bicyclic) bond motifs is 1. The molecule has 0 aliphatic carbocycles. The van der Waals surface area contributed by atoms with Gasteiger partial charge in [-0.05, 0) is 62.9 Å². The number of carbonyl (C=O) groups excluding carboxylic acids is 1. The molecule has 28 heavy (non-hydrogen) atoms. The molecule has 1 amide bonds. The number of hydrogen-bond donors (Lipinski definition) is 2. The molecule has 8 heteroatoms. The van der Waals surface area contributed by atoms with E-state index < -0.39 is 11.7 Å². The highest BCUT2D eigenvalue weighted by atomic mass is 32.1. The van der Waals surface area contributed by atoms with Crippen LogP contribution >= 0.6 is 11.3 Å². The molecule has 0 atom stereocenters. The van der Waals surface area contributed by atoms with Gasteiger partial charge in [-0.1, -0.05) is 20.3 Å². The molecule has 1 aliphatic heterocycles. The maximum atomic E-state index is 13.4. The first-order chi connectivity index (χ1) is 13.5. The number of halogens is 1. The molecule has 0 spiro atoms. The van der Waals surface area contributed by atoms with E-state index in [9.17, 15) is 9.18 Å². The van der Waals surface area contributed by atoms with E-state index >= 15 is 0 Å². The van der Waals surface area contributed by atoms with Crippen molar-refractivity contribution in [2.45, 2.75) is 47.0 Å². The lowest BCUT2D eigenvalue weighted by molar-refractivity contribution is 0.102. The highest BCUT2D eigenvalue weighted by Crippen LogP contribution is 2.18. The fraction of sp³-hybridized carbons (Fsp3) is 0.450. The third kappa shape index (κ3) is 5.84. The van der Waals surface area contributed by atoms with E-state index in [4.69, 9.17) is 0 Å². The van der Waals surface area contributed by atoms with Crippen LogP contribution in [0.4, 0.5) is 10.2 Å². The van der Waals surface area contributed by atoms with Crippen LogP contribution < -0.4 is 10.6 Å². The molecule has 0 bridgehead atoms. The minimum Gasteiger partial charge on any atom is -0.317 e. The Bertz CT molecular complexity index is 890. The van der Waals surface area contributed by atoms with E-state index in [0.717, 1.165) is 28.2 Å². The van der Waals surface area contributed by atoms with Gasteiger partial charge in [-0.3, -0.25) is 4.79 Å². The Balaban J connectivity index is 0.000000296. The third-order valence-corrected chi connectivity index (χ3v) is 4.89. The van der Waals surface area contributed by atoms with E-state index in [1.165, 1.54) is 43.8 Å². The normalized spacial score (nSPS) is 13.2. The number of thiophene rings is 1. The average molecular weight is 406 g/mol. The summed E-state index contributed by atoms with van der Waals surface area (Å²) in [6.07, 6.45) is 5.98. The molecule has 4 heterocycles. The second kappa shape index (κ2) is 10.9. The number of aromatic nitrogens is 3. The van der Waals surface area contributed by atoms with Gasteiger partial charge in [-0.15, -0.1) is 16.4 Å². The highest BCUT2D eigenvalue weighted by Gasteiger charge is 2.15. The Labute approximate surface area is 169 Å². The first-order valence-electron chi connectivity index (χ1n) is 9.63. The molecule has 3 aromatic rings. The van der Waals surface area contributed by atoms with E-state index in [1.807, 2.05) is 27.7 Å². The molecule has 0 saturated carbocycles. The number of anilines is 1. The SMILES string of the molecule is C1CCNCC1.CC.Cc1cn2nc(NC(=O)c3sccc3F)cc(C)c2n1. The van der Waals surface area contributed by atoms with Gasteiger partial charge in [0.05, 0.1) is 11.9 Å². The quantitative estimate of drug-likeness (QED) is 0.654. The molecule has 4 rings (SSSR count). The minimum atomic E-state index is -0.524. The van der Waals surface area contributed by atoms with Crippen molar-refractivity contribution >= 4 is 28.7 Å². The molecule has 1 saturated heterocycles. The van der Waals surface area contributed by atoms with Crippen LogP contribution in [0.15, 0.2) is 23.7 Å². The molecule has 6 nitrogen and oxygen atoms in total. The van der Waals surface area contributed by atoms with E-state index in [1.54, 1.807) is 16.8 Å². The molecule has 152 valence electrons. The number of imidazole rings is 1. The molecule has 1 fully saturated rings. The van der Waals surface area contributed by atoms with Gasteiger partial charge in [0.1, 0.15) is 10.7 Å². The predicted molar refractivity (Wildman–Crippen MR) is 113 cm³/mol. The molecular formula is C20H28FN5OS. The zero-order valence-corrected chi connectivity index (χ0v) is 17.7. The zero-order chi connectivity index (χ0) is 20.5. The van der Waals surface area contributed by atoms with Crippen LogP contribution in [0, 0.1) is 19.7 Å². The highest BCUT2D eigenvalue weighted by molar-refractivity contribution is 7.12. The van der Waals surface area contributed by atoms with Crippen LogP contribution in [-0.4, -0.2) is 33.6 Å². The van der Waals surface area contributed by atoms with Crippen LogP contribution in [0.25, 0.3) is 5.65 Å². The standard InChI is InChI=1S/C13H11FN4OS.C5H11N.C2H6/c1-7-5-10(17-18-6-8(2)15-12(7)18)16-13(19)11-9(14)3-4-20-11;1-2-4-6-5-3-1;1-2/h3-6H,1-2H3,(H,16,17,19);6H,1-5H2;1-2H3. The van der Waals surface area contributed by atoms with Crippen molar-refractivity contribution in [1.82, 2.24) is 19.9 Å². The number of piperidine rings is 1. The van der Waals surface area contributed by atoms with E-state index in [0.29, 0.717) is 5.82 Å². The van der Waals surface area contributed by atoms with Crippen molar-refractivity contribution in [2.24, 2.45) is 0 Å². The zero-order valence-electron chi connectivity index (χ0n) is 16.9. The summed E-state index contributed by atoms with van der Waals surface area (Å²) in [6.45, 7) is 10.2. The van der Waals surface area contributed by atoms with Crippen molar-refractivity contribution in [3.8, 4) is 0 Å². The Kier molecular flexibility index (Phi) is 8.53. The van der Waals surface area contributed by atoms with Crippen molar-refractivity contribution < 1.29 is 9.18 Å². The Hall–Kier alpha value is -2.32. The molecular weight excluding hydrogens is 377 g/mol. The minimum absolute atomic E-state index is 0.0476. The number of rotatable bonds is 2.